The largest absolute Gasteiger partial charge is 0.496 e. The zero-order valence-corrected chi connectivity index (χ0v) is 14.1. The Morgan fingerprint density at radius 1 is 1.33 bits per heavy atom. The molecule has 1 saturated heterocycles. The number of ether oxygens (including phenoxy) is 1. The number of benzene rings is 1. The Morgan fingerprint density at radius 2 is 2.05 bits per heavy atom. The van der Waals surface area contributed by atoms with E-state index in [9.17, 15) is 0 Å². The molecule has 118 valence electrons. The molecule has 0 amide bonds. The van der Waals surface area contributed by atoms with E-state index in [0.29, 0.717) is 24.0 Å². The summed E-state index contributed by atoms with van der Waals surface area (Å²) < 4.78 is 5.53. The molecule has 0 aliphatic carbocycles. The van der Waals surface area contributed by atoms with Gasteiger partial charge in [0.15, 0.2) is 0 Å². The van der Waals surface area contributed by atoms with Crippen LogP contribution in [-0.2, 0) is 0 Å². The van der Waals surface area contributed by atoms with Gasteiger partial charge in [0.1, 0.15) is 5.75 Å². The maximum atomic E-state index is 5.53. The van der Waals surface area contributed by atoms with E-state index in [4.69, 9.17) is 4.74 Å². The second kappa shape index (κ2) is 7.28. The Balaban J connectivity index is 2.12. The second-order valence-electron chi connectivity index (χ2n) is 6.48. The minimum Gasteiger partial charge on any atom is -0.496 e. The number of piperidine rings is 1. The number of hydrogen-bond acceptors (Lipinski definition) is 3. The number of para-hydroxylation sites is 1. The molecule has 1 aliphatic heterocycles. The second-order valence-corrected chi connectivity index (χ2v) is 6.48. The van der Waals surface area contributed by atoms with Crippen molar-refractivity contribution in [2.24, 2.45) is 5.92 Å². The lowest BCUT2D eigenvalue weighted by atomic mass is 9.88. The Hall–Kier alpha value is -1.06. The first-order valence-electron chi connectivity index (χ1n) is 8.16. The summed E-state index contributed by atoms with van der Waals surface area (Å²) in [6.45, 7) is 8.09. The van der Waals surface area contributed by atoms with Gasteiger partial charge in [0, 0.05) is 30.2 Å². The maximum absolute atomic E-state index is 5.53. The van der Waals surface area contributed by atoms with E-state index in [0.717, 1.165) is 12.2 Å². The van der Waals surface area contributed by atoms with Crippen LogP contribution in [0.25, 0.3) is 0 Å². The monoisotopic (exact) mass is 290 g/mol. The lowest BCUT2D eigenvalue weighted by Gasteiger charge is -2.41. The van der Waals surface area contributed by atoms with Gasteiger partial charge < -0.3 is 15.0 Å². The number of likely N-dealkylation sites (tertiary alicyclic amines) is 1. The Labute approximate surface area is 129 Å². The first-order chi connectivity index (χ1) is 10.1. The molecule has 21 heavy (non-hydrogen) atoms. The van der Waals surface area contributed by atoms with Gasteiger partial charge in [0.05, 0.1) is 7.11 Å². The molecule has 0 bridgehead atoms. The number of hydrogen-bond donors (Lipinski definition) is 1. The van der Waals surface area contributed by atoms with Crippen LogP contribution in [0.15, 0.2) is 24.3 Å². The minimum absolute atomic E-state index is 0.365. The van der Waals surface area contributed by atoms with Crippen LogP contribution in [0.4, 0.5) is 0 Å². The van der Waals surface area contributed by atoms with E-state index in [2.05, 4.69) is 56.2 Å². The van der Waals surface area contributed by atoms with Crippen molar-refractivity contribution < 1.29 is 4.74 Å². The van der Waals surface area contributed by atoms with Crippen molar-refractivity contribution in [1.82, 2.24) is 10.2 Å². The third-order valence-corrected chi connectivity index (χ3v) is 4.95. The van der Waals surface area contributed by atoms with E-state index >= 15 is 0 Å². The smallest absolute Gasteiger partial charge is 0.123 e. The summed E-state index contributed by atoms with van der Waals surface area (Å²) >= 11 is 0. The topological polar surface area (TPSA) is 24.5 Å². The van der Waals surface area contributed by atoms with Gasteiger partial charge in [-0.3, -0.25) is 0 Å². The number of nitrogens with one attached hydrogen (secondary N) is 1. The summed E-state index contributed by atoms with van der Waals surface area (Å²) in [5, 5.41) is 3.89. The molecule has 4 unspecified atom stereocenters. The molecular weight excluding hydrogens is 260 g/mol. The summed E-state index contributed by atoms with van der Waals surface area (Å²) in [6.07, 6.45) is 2.29. The van der Waals surface area contributed by atoms with Gasteiger partial charge in [0.2, 0.25) is 0 Å². The fraction of sp³-hybridized carbons (Fsp3) is 0.667. The van der Waals surface area contributed by atoms with Crippen molar-refractivity contribution in [3.63, 3.8) is 0 Å². The quantitative estimate of drug-likeness (QED) is 0.898. The van der Waals surface area contributed by atoms with E-state index < -0.39 is 0 Å². The normalized spacial score (nSPS) is 28.3. The first kappa shape index (κ1) is 16.3. The highest BCUT2D eigenvalue weighted by Crippen LogP contribution is 2.30. The predicted octanol–water partition coefficient (Wildman–Crippen LogP) is 3.46. The maximum Gasteiger partial charge on any atom is 0.123 e. The molecule has 1 N–H and O–H groups in total. The van der Waals surface area contributed by atoms with E-state index in [1.54, 1.807) is 7.11 Å². The highest BCUT2D eigenvalue weighted by atomic mass is 16.5. The van der Waals surface area contributed by atoms with Crippen LogP contribution in [0, 0.1) is 5.92 Å². The molecule has 3 nitrogen and oxygen atoms in total. The van der Waals surface area contributed by atoms with Crippen LogP contribution < -0.4 is 10.1 Å². The lowest BCUT2D eigenvalue weighted by Crippen LogP contribution is -2.51. The van der Waals surface area contributed by atoms with Gasteiger partial charge in [-0.1, -0.05) is 32.0 Å². The fourth-order valence-corrected chi connectivity index (χ4v) is 3.41. The summed E-state index contributed by atoms with van der Waals surface area (Å²) in [5.41, 5.74) is 1.28. The van der Waals surface area contributed by atoms with Crippen molar-refractivity contribution in [1.29, 1.82) is 0 Å². The minimum atomic E-state index is 0.365. The third kappa shape index (κ3) is 3.78. The van der Waals surface area contributed by atoms with E-state index in [1.165, 1.54) is 18.5 Å². The van der Waals surface area contributed by atoms with Gasteiger partial charge in [-0.25, -0.2) is 0 Å². The molecule has 1 aromatic rings. The van der Waals surface area contributed by atoms with Crippen molar-refractivity contribution in [2.45, 2.75) is 51.7 Å². The van der Waals surface area contributed by atoms with Gasteiger partial charge in [-0.05, 0) is 38.8 Å². The standard InChI is InChI=1S/C18H30N2O/c1-6-16(15-9-7-8-10-18(15)21-5)19-17-11-14(3)20(4)12-13(17)2/h7-10,13-14,16-17,19H,6,11-12H2,1-5H3. The molecule has 0 spiro atoms. The molecule has 2 rings (SSSR count). The molecular formula is C18H30N2O. The summed E-state index contributed by atoms with van der Waals surface area (Å²) in [6, 6.07) is 9.96. The highest BCUT2D eigenvalue weighted by molar-refractivity contribution is 5.35. The average molecular weight is 290 g/mol. The zero-order valence-electron chi connectivity index (χ0n) is 14.1. The number of methoxy groups -OCH3 is 1. The SMILES string of the molecule is CCC(NC1CC(C)N(C)CC1C)c1ccccc1OC. The fourth-order valence-electron chi connectivity index (χ4n) is 3.41. The molecule has 1 heterocycles. The summed E-state index contributed by atoms with van der Waals surface area (Å²) in [4.78, 5) is 2.47. The van der Waals surface area contributed by atoms with Crippen LogP contribution in [0.3, 0.4) is 0 Å². The Bertz CT molecular complexity index is 449. The van der Waals surface area contributed by atoms with Crippen LogP contribution in [0.5, 0.6) is 5.75 Å². The van der Waals surface area contributed by atoms with Gasteiger partial charge in [-0.15, -0.1) is 0 Å². The van der Waals surface area contributed by atoms with Crippen molar-refractivity contribution in [2.75, 3.05) is 20.7 Å². The number of rotatable bonds is 5. The van der Waals surface area contributed by atoms with Crippen molar-refractivity contribution >= 4 is 0 Å². The average Bonchev–Trinajstić information content (AvgIpc) is 2.49. The Kier molecular flexibility index (Phi) is 5.65. The molecule has 1 fully saturated rings. The van der Waals surface area contributed by atoms with Gasteiger partial charge in [-0.2, -0.15) is 0 Å². The third-order valence-electron chi connectivity index (χ3n) is 4.95. The van der Waals surface area contributed by atoms with Crippen molar-refractivity contribution in [3.8, 4) is 5.75 Å². The molecule has 3 heteroatoms. The Morgan fingerprint density at radius 3 is 2.71 bits per heavy atom. The highest BCUT2D eigenvalue weighted by Gasteiger charge is 2.30. The first-order valence-corrected chi connectivity index (χ1v) is 8.16. The van der Waals surface area contributed by atoms with Crippen LogP contribution in [0.2, 0.25) is 0 Å². The summed E-state index contributed by atoms with van der Waals surface area (Å²) in [7, 11) is 3.99. The lowest BCUT2D eigenvalue weighted by molar-refractivity contribution is 0.115. The van der Waals surface area contributed by atoms with Crippen LogP contribution >= 0.6 is 0 Å². The van der Waals surface area contributed by atoms with E-state index in [-0.39, 0.29) is 0 Å². The van der Waals surface area contributed by atoms with Crippen LogP contribution in [0.1, 0.15) is 45.2 Å². The van der Waals surface area contributed by atoms with Crippen LogP contribution in [-0.4, -0.2) is 37.7 Å². The molecule has 0 saturated carbocycles. The molecule has 1 aliphatic rings. The van der Waals surface area contributed by atoms with Crippen molar-refractivity contribution in [3.05, 3.63) is 29.8 Å². The van der Waals surface area contributed by atoms with Gasteiger partial charge in [0.25, 0.3) is 0 Å². The molecule has 0 aromatic heterocycles. The molecule has 0 radical (unpaired) electrons. The summed E-state index contributed by atoms with van der Waals surface area (Å²) in [5.74, 6) is 1.67. The zero-order chi connectivity index (χ0) is 15.4. The molecule has 4 atom stereocenters. The molecule has 1 aromatic carbocycles. The van der Waals surface area contributed by atoms with E-state index in [1.807, 2.05) is 6.07 Å². The predicted molar refractivity (Wildman–Crippen MR) is 88.8 cm³/mol. The van der Waals surface area contributed by atoms with Gasteiger partial charge >= 0.3 is 0 Å². The number of nitrogens with zero attached hydrogens (tertiary/aromatic N) is 1.